The van der Waals surface area contributed by atoms with E-state index in [1.807, 2.05) is 0 Å². The van der Waals surface area contributed by atoms with Crippen LogP contribution in [0.25, 0.3) is 0 Å². The van der Waals surface area contributed by atoms with Crippen LogP contribution in [-0.4, -0.2) is 30.6 Å². The summed E-state index contributed by atoms with van der Waals surface area (Å²) in [5.41, 5.74) is 0. The summed E-state index contributed by atoms with van der Waals surface area (Å²) in [6.45, 7) is 0. The molecule has 0 aliphatic rings. The summed E-state index contributed by atoms with van der Waals surface area (Å²) in [5.74, 6) is 0. The van der Waals surface area contributed by atoms with Gasteiger partial charge in [0, 0.05) is 0 Å². The summed E-state index contributed by atoms with van der Waals surface area (Å²) in [4.78, 5) is 0.405. The van der Waals surface area contributed by atoms with Crippen molar-refractivity contribution in [2.24, 2.45) is 0 Å². The minimum atomic E-state index is -3.00. The molecule has 0 fully saturated rings. The second kappa shape index (κ2) is 3.44. The van der Waals surface area contributed by atoms with E-state index in [0.29, 0.717) is 4.90 Å². The molecule has 11 heavy (non-hydrogen) atoms. The molecule has 0 saturated carbocycles. The number of benzene rings is 1. The Balaban J connectivity index is 3.14. The van der Waals surface area contributed by atoms with Crippen LogP contribution in [0.4, 0.5) is 0 Å². The first-order valence-corrected chi connectivity index (χ1v) is 5.10. The number of hydrogen-bond acceptors (Lipinski definition) is 2. The van der Waals surface area contributed by atoms with Crippen molar-refractivity contribution in [1.82, 2.24) is 0 Å². The molecule has 0 atom stereocenters. The van der Waals surface area contributed by atoms with Gasteiger partial charge in [0.15, 0.2) is 0 Å². The standard InChI is InChI=1S/C7H7O2S.Li/c1-10(8,9)7-5-3-2-4-6-7;/h2-6H,1H2;. The van der Waals surface area contributed by atoms with E-state index in [9.17, 15) is 8.42 Å². The van der Waals surface area contributed by atoms with Crippen molar-refractivity contribution in [3.05, 3.63) is 30.3 Å². The van der Waals surface area contributed by atoms with E-state index >= 15 is 0 Å². The van der Waals surface area contributed by atoms with Crippen LogP contribution in [0, 0.1) is 0 Å². The first-order valence-electron chi connectivity index (χ1n) is 3.44. The Labute approximate surface area is 75.7 Å². The summed E-state index contributed by atoms with van der Waals surface area (Å²) in [6, 6.07) is 8.47. The number of sulfone groups is 1. The summed E-state index contributed by atoms with van der Waals surface area (Å²) in [7, 11) is -3.00. The Kier molecular flexibility index (Phi) is 2.77. The predicted octanol–water partition coefficient (Wildman–Crippen LogP) is 0.586. The topological polar surface area (TPSA) is 34.1 Å². The van der Waals surface area contributed by atoms with Gasteiger partial charge in [-0.3, -0.25) is 0 Å². The predicted molar refractivity (Wildman–Crippen MR) is 44.2 cm³/mol. The minimum absolute atomic E-state index is 0.164. The van der Waals surface area contributed by atoms with E-state index in [4.69, 9.17) is 0 Å². The first kappa shape index (κ1) is 8.86. The molecule has 54 valence electrons. The van der Waals surface area contributed by atoms with Crippen LogP contribution in [0.15, 0.2) is 35.2 Å². The molecular formula is C7H7LiO2S. The van der Waals surface area contributed by atoms with Crippen LogP contribution < -0.4 is 0 Å². The Morgan fingerprint density at radius 2 is 1.73 bits per heavy atom. The van der Waals surface area contributed by atoms with E-state index in [0.717, 1.165) is 0 Å². The summed E-state index contributed by atoms with van der Waals surface area (Å²) in [6.07, 6.45) is 0. The molecule has 0 saturated heterocycles. The maximum atomic E-state index is 11.2. The normalized spacial score (nSPS) is 11.5. The molecular weight excluding hydrogens is 155 g/mol. The van der Waals surface area contributed by atoms with Gasteiger partial charge < -0.3 is 0 Å². The molecule has 0 spiro atoms. The first-order chi connectivity index (χ1) is 5.17. The molecule has 1 rings (SSSR count). The van der Waals surface area contributed by atoms with Crippen molar-refractivity contribution < 1.29 is 8.42 Å². The van der Waals surface area contributed by atoms with E-state index < -0.39 is 9.84 Å². The summed E-state index contributed by atoms with van der Waals surface area (Å²) in [5, 5.41) is 0. The molecule has 0 aliphatic carbocycles. The third kappa shape index (κ3) is 2.10. The van der Waals surface area contributed by atoms with Gasteiger partial charge in [-0.15, -0.1) is 0 Å². The Bertz CT molecular complexity index is 318. The van der Waals surface area contributed by atoms with Crippen molar-refractivity contribution in [3.63, 3.8) is 0 Å². The summed E-state index contributed by atoms with van der Waals surface area (Å²) < 4.78 is 22.6. The van der Waals surface area contributed by atoms with Gasteiger partial charge in [0.25, 0.3) is 0 Å². The molecule has 0 radical (unpaired) electrons. The zero-order valence-electron chi connectivity index (χ0n) is 6.32. The molecule has 0 bridgehead atoms. The van der Waals surface area contributed by atoms with Crippen molar-refractivity contribution in [2.75, 3.05) is 4.43 Å². The molecule has 2 nitrogen and oxygen atoms in total. The van der Waals surface area contributed by atoms with Gasteiger partial charge in [-0.05, 0) is 0 Å². The molecule has 0 aliphatic heterocycles. The maximum absolute atomic E-state index is 11.2. The molecule has 0 N–H and O–H groups in total. The van der Waals surface area contributed by atoms with Crippen LogP contribution >= 0.6 is 0 Å². The molecule has 0 unspecified atom stereocenters. The van der Waals surface area contributed by atoms with Gasteiger partial charge >= 0.3 is 75.6 Å². The Morgan fingerprint density at radius 1 is 1.18 bits per heavy atom. The van der Waals surface area contributed by atoms with Crippen molar-refractivity contribution >= 4 is 27.6 Å². The molecule has 0 amide bonds. The number of rotatable bonds is 2. The quantitative estimate of drug-likeness (QED) is 0.596. The third-order valence-corrected chi connectivity index (χ3v) is 3.23. The molecule has 1 aromatic rings. The van der Waals surface area contributed by atoms with E-state index in [1.165, 1.54) is 0 Å². The van der Waals surface area contributed by atoms with Gasteiger partial charge in [0.05, 0.1) is 0 Å². The van der Waals surface area contributed by atoms with Gasteiger partial charge in [-0.1, -0.05) is 0 Å². The fourth-order valence-electron chi connectivity index (χ4n) is 0.794. The van der Waals surface area contributed by atoms with Crippen LogP contribution in [-0.2, 0) is 9.84 Å². The average molecular weight is 162 g/mol. The Hall–Kier alpha value is -0.233. The fraction of sp³-hybridized carbons (Fsp3) is 0.143. The van der Waals surface area contributed by atoms with E-state index in [2.05, 4.69) is 0 Å². The SMILES string of the molecule is [Li][CH2]S(=O)(=O)c1ccccc1. The molecule has 4 heteroatoms. The molecule has 0 heterocycles. The monoisotopic (exact) mass is 162 g/mol. The zero-order chi connectivity index (χ0) is 8.32. The molecule has 0 aromatic heterocycles. The van der Waals surface area contributed by atoms with Crippen LogP contribution in [0.5, 0.6) is 0 Å². The van der Waals surface area contributed by atoms with E-state index in [1.54, 1.807) is 48.0 Å². The van der Waals surface area contributed by atoms with Crippen LogP contribution in [0.1, 0.15) is 0 Å². The number of hydrogen-bond donors (Lipinski definition) is 0. The van der Waals surface area contributed by atoms with Crippen molar-refractivity contribution in [1.29, 1.82) is 0 Å². The second-order valence-corrected chi connectivity index (χ2v) is 4.49. The van der Waals surface area contributed by atoms with Gasteiger partial charge in [0.2, 0.25) is 0 Å². The van der Waals surface area contributed by atoms with Crippen molar-refractivity contribution in [3.8, 4) is 0 Å². The summed E-state index contributed by atoms with van der Waals surface area (Å²) >= 11 is 1.64. The third-order valence-electron chi connectivity index (χ3n) is 1.48. The van der Waals surface area contributed by atoms with E-state index in [-0.39, 0.29) is 4.43 Å². The zero-order valence-corrected chi connectivity index (χ0v) is 7.14. The molecule has 1 aromatic carbocycles. The second-order valence-electron chi connectivity index (χ2n) is 2.22. The van der Waals surface area contributed by atoms with Crippen LogP contribution in [0.2, 0.25) is 0 Å². The fourth-order valence-corrected chi connectivity index (χ4v) is 1.70. The van der Waals surface area contributed by atoms with Gasteiger partial charge in [-0.25, -0.2) is 0 Å². The Morgan fingerprint density at radius 3 is 2.18 bits per heavy atom. The average Bonchev–Trinajstić information content (AvgIpc) is 2.06. The van der Waals surface area contributed by atoms with Crippen molar-refractivity contribution in [2.45, 2.75) is 4.90 Å². The van der Waals surface area contributed by atoms with Gasteiger partial charge in [-0.2, -0.15) is 0 Å². The van der Waals surface area contributed by atoms with Crippen LogP contribution in [0.3, 0.4) is 0 Å². The van der Waals surface area contributed by atoms with Gasteiger partial charge in [0.1, 0.15) is 0 Å².